The zero-order chi connectivity index (χ0) is 15.2. The smallest absolute Gasteiger partial charge is 0.435 e. The molecule has 1 N–H and O–H groups in total. The Balaban J connectivity index is 2.76. The number of aromatic hydroxyl groups is 1. The number of nitrogens with zero attached hydrogens (tertiary/aromatic N) is 4. The summed E-state index contributed by atoms with van der Waals surface area (Å²) in [6.07, 6.45) is -4.63. The van der Waals surface area contributed by atoms with E-state index >= 15 is 0 Å². The van der Waals surface area contributed by atoms with Crippen LogP contribution in [0, 0.1) is 13.8 Å². The Labute approximate surface area is 111 Å². The summed E-state index contributed by atoms with van der Waals surface area (Å²) in [5.74, 6) is -0.493. The van der Waals surface area contributed by atoms with Gasteiger partial charge in [0.1, 0.15) is 5.69 Å². The number of alkyl halides is 3. The van der Waals surface area contributed by atoms with Crippen LogP contribution in [-0.4, -0.2) is 24.7 Å². The first-order chi connectivity index (χ1) is 9.12. The SMILES string of the molecule is Cc1nn(C)c(=O)c(-n2nc(C(F)(F)F)cc2C)c1O. The summed E-state index contributed by atoms with van der Waals surface area (Å²) in [6, 6.07) is 0.800. The molecule has 0 atom stereocenters. The Kier molecular flexibility index (Phi) is 3.07. The summed E-state index contributed by atoms with van der Waals surface area (Å²) >= 11 is 0. The molecule has 2 aromatic heterocycles. The summed E-state index contributed by atoms with van der Waals surface area (Å²) in [5.41, 5.74) is -2.03. The van der Waals surface area contributed by atoms with E-state index in [1.54, 1.807) is 0 Å². The fourth-order valence-corrected chi connectivity index (χ4v) is 1.77. The second-order valence-corrected chi connectivity index (χ2v) is 4.29. The molecule has 0 amide bonds. The maximum Gasteiger partial charge on any atom is 0.435 e. The number of aromatic nitrogens is 4. The molecule has 108 valence electrons. The summed E-state index contributed by atoms with van der Waals surface area (Å²) in [5, 5.41) is 17.0. The molecule has 6 nitrogen and oxygen atoms in total. The van der Waals surface area contributed by atoms with Gasteiger partial charge in [0.15, 0.2) is 17.1 Å². The van der Waals surface area contributed by atoms with Crippen LogP contribution in [0.5, 0.6) is 5.75 Å². The zero-order valence-electron chi connectivity index (χ0n) is 10.9. The third kappa shape index (κ3) is 2.15. The van der Waals surface area contributed by atoms with Crippen molar-refractivity contribution < 1.29 is 18.3 Å². The van der Waals surface area contributed by atoms with Gasteiger partial charge in [-0.2, -0.15) is 23.4 Å². The lowest BCUT2D eigenvalue weighted by Gasteiger charge is -2.09. The van der Waals surface area contributed by atoms with Crippen LogP contribution in [0.15, 0.2) is 10.9 Å². The molecule has 0 spiro atoms. The van der Waals surface area contributed by atoms with Crippen LogP contribution >= 0.6 is 0 Å². The second kappa shape index (κ2) is 4.36. The Morgan fingerprint density at radius 2 is 1.85 bits per heavy atom. The van der Waals surface area contributed by atoms with E-state index in [2.05, 4.69) is 10.2 Å². The van der Waals surface area contributed by atoms with E-state index in [-0.39, 0.29) is 17.1 Å². The van der Waals surface area contributed by atoms with Gasteiger partial charge in [0.25, 0.3) is 5.56 Å². The van der Waals surface area contributed by atoms with Gasteiger partial charge in [0.2, 0.25) is 0 Å². The van der Waals surface area contributed by atoms with Crippen molar-refractivity contribution in [2.45, 2.75) is 20.0 Å². The van der Waals surface area contributed by atoms with Crippen LogP contribution in [0.3, 0.4) is 0 Å². The van der Waals surface area contributed by atoms with E-state index in [4.69, 9.17) is 0 Å². The first kappa shape index (κ1) is 14.1. The summed E-state index contributed by atoms with van der Waals surface area (Å²) in [7, 11) is 1.34. The molecule has 0 saturated heterocycles. The molecule has 2 heterocycles. The van der Waals surface area contributed by atoms with E-state index < -0.39 is 23.2 Å². The molecular weight excluding hydrogens is 277 g/mol. The molecule has 20 heavy (non-hydrogen) atoms. The fourth-order valence-electron chi connectivity index (χ4n) is 1.77. The number of hydrogen-bond donors (Lipinski definition) is 1. The lowest BCUT2D eigenvalue weighted by atomic mass is 10.3. The van der Waals surface area contributed by atoms with Crippen LogP contribution in [0.2, 0.25) is 0 Å². The standard InChI is InChI=1S/C11H11F3N4O2/c1-5-4-7(11(12,13)14)16-18(5)8-9(19)6(2)15-17(3)10(8)20/h4,19H,1-3H3. The van der Waals surface area contributed by atoms with Crippen molar-refractivity contribution in [3.05, 3.63) is 33.5 Å². The van der Waals surface area contributed by atoms with Gasteiger partial charge >= 0.3 is 6.18 Å². The third-order valence-electron chi connectivity index (χ3n) is 2.75. The monoisotopic (exact) mass is 288 g/mol. The quantitative estimate of drug-likeness (QED) is 0.858. The molecule has 0 unspecified atom stereocenters. The molecule has 0 saturated carbocycles. The average Bonchev–Trinajstić information content (AvgIpc) is 2.69. The van der Waals surface area contributed by atoms with Crippen LogP contribution in [0.25, 0.3) is 5.69 Å². The highest BCUT2D eigenvalue weighted by atomic mass is 19.4. The van der Waals surface area contributed by atoms with E-state index in [1.807, 2.05) is 0 Å². The van der Waals surface area contributed by atoms with Crippen molar-refractivity contribution in [2.75, 3.05) is 0 Å². The van der Waals surface area contributed by atoms with Gasteiger partial charge in [-0.05, 0) is 19.9 Å². The van der Waals surface area contributed by atoms with Gasteiger partial charge in [0.05, 0.1) is 0 Å². The van der Waals surface area contributed by atoms with Gasteiger partial charge in [-0.15, -0.1) is 0 Å². The van der Waals surface area contributed by atoms with Crippen molar-refractivity contribution in [2.24, 2.45) is 7.05 Å². The molecule has 9 heteroatoms. The summed E-state index contributed by atoms with van der Waals surface area (Å²) in [4.78, 5) is 12.0. The van der Waals surface area contributed by atoms with Gasteiger partial charge in [-0.3, -0.25) is 4.79 Å². The summed E-state index contributed by atoms with van der Waals surface area (Å²) < 4.78 is 39.6. The van der Waals surface area contributed by atoms with Gasteiger partial charge < -0.3 is 5.11 Å². The highest BCUT2D eigenvalue weighted by molar-refractivity contribution is 5.46. The van der Waals surface area contributed by atoms with Crippen molar-refractivity contribution in [3.63, 3.8) is 0 Å². The topological polar surface area (TPSA) is 72.9 Å². The van der Waals surface area contributed by atoms with Gasteiger partial charge in [-0.1, -0.05) is 0 Å². The minimum Gasteiger partial charge on any atom is -0.504 e. The molecule has 2 rings (SSSR count). The predicted octanol–water partition coefficient (Wildman–Crippen LogP) is 1.31. The van der Waals surface area contributed by atoms with Crippen molar-refractivity contribution >= 4 is 0 Å². The van der Waals surface area contributed by atoms with Crippen molar-refractivity contribution in [1.29, 1.82) is 0 Å². The van der Waals surface area contributed by atoms with Crippen LogP contribution in [-0.2, 0) is 13.2 Å². The lowest BCUT2D eigenvalue weighted by molar-refractivity contribution is -0.141. The first-order valence-corrected chi connectivity index (χ1v) is 5.54. The molecule has 0 aliphatic rings. The maximum atomic E-state index is 12.6. The molecule has 0 aromatic carbocycles. The van der Waals surface area contributed by atoms with E-state index in [0.717, 1.165) is 15.4 Å². The van der Waals surface area contributed by atoms with Crippen LogP contribution in [0.1, 0.15) is 17.1 Å². The number of aryl methyl sites for hydroxylation is 3. The zero-order valence-corrected chi connectivity index (χ0v) is 10.9. The molecule has 0 fully saturated rings. The molecular formula is C11H11F3N4O2. The van der Waals surface area contributed by atoms with Crippen molar-refractivity contribution in [1.82, 2.24) is 19.6 Å². The largest absolute Gasteiger partial charge is 0.504 e. The lowest BCUT2D eigenvalue weighted by Crippen LogP contribution is -2.26. The predicted molar refractivity (Wildman–Crippen MR) is 62.7 cm³/mol. The molecule has 0 aliphatic heterocycles. The second-order valence-electron chi connectivity index (χ2n) is 4.29. The van der Waals surface area contributed by atoms with Crippen LogP contribution in [0.4, 0.5) is 13.2 Å². The highest BCUT2D eigenvalue weighted by Gasteiger charge is 2.35. The number of hydrogen-bond acceptors (Lipinski definition) is 4. The molecule has 0 aliphatic carbocycles. The van der Waals surface area contributed by atoms with Gasteiger partial charge in [-0.25, -0.2) is 9.36 Å². The molecule has 0 radical (unpaired) electrons. The molecule has 2 aromatic rings. The fraction of sp³-hybridized carbons (Fsp3) is 0.364. The Bertz CT molecular complexity index is 730. The number of halogens is 3. The van der Waals surface area contributed by atoms with Crippen molar-refractivity contribution in [3.8, 4) is 11.4 Å². The number of rotatable bonds is 1. The minimum atomic E-state index is -4.63. The summed E-state index contributed by atoms with van der Waals surface area (Å²) in [6.45, 7) is 2.79. The third-order valence-corrected chi connectivity index (χ3v) is 2.75. The normalized spacial score (nSPS) is 11.9. The van der Waals surface area contributed by atoms with Crippen LogP contribution < -0.4 is 5.56 Å². The average molecular weight is 288 g/mol. The minimum absolute atomic E-state index is 0.0790. The Morgan fingerprint density at radius 3 is 2.35 bits per heavy atom. The first-order valence-electron chi connectivity index (χ1n) is 5.54. The van der Waals surface area contributed by atoms with E-state index in [0.29, 0.717) is 0 Å². The highest BCUT2D eigenvalue weighted by Crippen LogP contribution is 2.30. The Hall–Kier alpha value is -2.32. The molecule has 0 bridgehead atoms. The van der Waals surface area contributed by atoms with E-state index in [1.165, 1.54) is 20.9 Å². The Morgan fingerprint density at radius 1 is 1.25 bits per heavy atom. The van der Waals surface area contributed by atoms with E-state index in [9.17, 15) is 23.1 Å². The van der Waals surface area contributed by atoms with Gasteiger partial charge in [0, 0.05) is 12.7 Å². The maximum absolute atomic E-state index is 12.6.